The van der Waals surface area contributed by atoms with Crippen molar-refractivity contribution in [1.82, 2.24) is 9.78 Å². The van der Waals surface area contributed by atoms with Crippen molar-refractivity contribution in [2.24, 2.45) is 0 Å². The van der Waals surface area contributed by atoms with Crippen molar-refractivity contribution in [2.45, 2.75) is 6.18 Å². The molecule has 0 aliphatic heterocycles. The average Bonchev–Trinajstić information content (AvgIpc) is 2.80. The standard InChI is InChI=1S/C11H6Cl2F3N3O3/c1-22-10-8(19(20)21)4-17-18(10)9-6(12)2-5(3-7(9)13)11(14,15)16/h2-4H,1H3. The zero-order valence-corrected chi connectivity index (χ0v) is 12.2. The Labute approximate surface area is 131 Å². The summed E-state index contributed by atoms with van der Waals surface area (Å²) in [6, 6.07) is 1.30. The minimum atomic E-state index is -4.63. The van der Waals surface area contributed by atoms with Gasteiger partial charge >= 0.3 is 11.9 Å². The zero-order chi connectivity index (χ0) is 16.7. The fourth-order valence-corrected chi connectivity index (χ4v) is 2.38. The van der Waals surface area contributed by atoms with Crippen LogP contribution in [0.2, 0.25) is 10.0 Å². The Morgan fingerprint density at radius 3 is 2.27 bits per heavy atom. The summed E-state index contributed by atoms with van der Waals surface area (Å²) in [4.78, 5) is 10.1. The number of nitro groups is 1. The predicted octanol–water partition coefficient (Wildman–Crippen LogP) is 4.11. The number of benzene rings is 1. The van der Waals surface area contributed by atoms with Gasteiger partial charge in [-0.3, -0.25) is 10.1 Å². The van der Waals surface area contributed by atoms with Gasteiger partial charge in [0.15, 0.2) is 0 Å². The molecule has 0 unspecified atom stereocenters. The van der Waals surface area contributed by atoms with Crippen molar-refractivity contribution >= 4 is 28.9 Å². The minimum Gasteiger partial charge on any atom is -0.476 e. The predicted molar refractivity (Wildman–Crippen MR) is 71.8 cm³/mol. The molecule has 0 aliphatic carbocycles. The molecule has 0 saturated carbocycles. The number of rotatable bonds is 3. The lowest BCUT2D eigenvalue weighted by atomic mass is 10.2. The molecule has 0 atom stereocenters. The molecule has 1 heterocycles. The van der Waals surface area contributed by atoms with Crippen molar-refractivity contribution in [2.75, 3.05) is 7.11 Å². The van der Waals surface area contributed by atoms with E-state index in [2.05, 4.69) is 5.10 Å². The molecule has 0 spiro atoms. The maximum atomic E-state index is 12.7. The van der Waals surface area contributed by atoms with E-state index in [9.17, 15) is 23.3 Å². The van der Waals surface area contributed by atoms with Crippen LogP contribution in [0, 0.1) is 10.1 Å². The fourth-order valence-electron chi connectivity index (χ4n) is 1.74. The van der Waals surface area contributed by atoms with Crippen LogP contribution in [0.15, 0.2) is 18.3 Å². The SMILES string of the molecule is COc1c([N+](=O)[O-])cnn1-c1c(Cl)cc(C(F)(F)F)cc1Cl. The van der Waals surface area contributed by atoms with Crippen LogP contribution in [0.25, 0.3) is 5.69 Å². The van der Waals surface area contributed by atoms with Crippen molar-refractivity contribution < 1.29 is 22.8 Å². The van der Waals surface area contributed by atoms with Crippen LogP contribution in [0.1, 0.15) is 5.56 Å². The lowest BCUT2D eigenvalue weighted by Crippen LogP contribution is -2.08. The van der Waals surface area contributed by atoms with Crippen molar-refractivity contribution in [3.05, 3.63) is 44.1 Å². The molecule has 0 N–H and O–H groups in total. The number of ether oxygens (including phenoxy) is 1. The second-order valence-electron chi connectivity index (χ2n) is 3.99. The van der Waals surface area contributed by atoms with Crippen LogP contribution in [-0.2, 0) is 6.18 Å². The second kappa shape index (κ2) is 5.65. The summed E-state index contributed by atoms with van der Waals surface area (Å²) in [5.41, 5.74) is -1.68. The largest absolute Gasteiger partial charge is 0.476 e. The summed E-state index contributed by atoms with van der Waals surface area (Å²) in [6.45, 7) is 0. The van der Waals surface area contributed by atoms with E-state index in [-0.39, 0.29) is 21.6 Å². The van der Waals surface area contributed by atoms with Gasteiger partial charge < -0.3 is 4.74 Å². The number of aromatic nitrogens is 2. The van der Waals surface area contributed by atoms with Crippen LogP contribution in [0.3, 0.4) is 0 Å². The quantitative estimate of drug-likeness (QED) is 0.613. The molecule has 2 rings (SSSR count). The normalized spacial score (nSPS) is 11.5. The Morgan fingerprint density at radius 1 is 1.32 bits per heavy atom. The van der Waals surface area contributed by atoms with Gasteiger partial charge in [0.1, 0.15) is 11.9 Å². The van der Waals surface area contributed by atoms with E-state index in [1.807, 2.05) is 0 Å². The number of alkyl halides is 3. The Hall–Kier alpha value is -2.00. The highest BCUT2D eigenvalue weighted by atomic mass is 35.5. The molecular weight excluding hydrogens is 350 g/mol. The number of methoxy groups -OCH3 is 1. The summed E-state index contributed by atoms with van der Waals surface area (Å²) in [6.07, 6.45) is -3.75. The lowest BCUT2D eigenvalue weighted by molar-refractivity contribution is -0.385. The topological polar surface area (TPSA) is 70.2 Å². The molecule has 1 aromatic heterocycles. The minimum absolute atomic E-state index is 0.152. The Kier molecular flexibility index (Phi) is 4.21. The second-order valence-corrected chi connectivity index (χ2v) is 4.81. The highest BCUT2D eigenvalue weighted by Gasteiger charge is 2.33. The average molecular weight is 356 g/mol. The maximum absolute atomic E-state index is 12.7. The van der Waals surface area contributed by atoms with E-state index < -0.39 is 22.4 Å². The molecule has 1 aromatic carbocycles. The first-order valence-corrected chi connectivity index (χ1v) is 6.25. The molecule has 0 saturated heterocycles. The van der Waals surface area contributed by atoms with Crippen molar-refractivity contribution in [3.8, 4) is 11.6 Å². The molecule has 0 bridgehead atoms. The Morgan fingerprint density at radius 2 is 1.86 bits per heavy atom. The van der Waals surface area contributed by atoms with Crippen LogP contribution in [0.5, 0.6) is 5.88 Å². The van der Waals surface area contributed by atoms with Gasteiger partial charge in [-0.2, -0.15) is 23.0 Å². The number of nitrogens with zero attached hydrogens (tertiary/aromatic N) is 3. The highest BCUT2D eigenvalue weighted by molar-refractivity contribution is 6.37. The molecule has 0 fully saturated rings. The summed E-state index contributed by atoms with van der Waals surface area (Å²) in [5.74, 6) is -0.312. The third-order valence-corrected chi connectivity index (χ3v) is 3.23. The zero-order valence-electron chi connectivity index (χ0n) is 10.7. The van der Waals surface area contributed by atoms with Gasteiger partial charge in [0.2, 0.25) is 0 Å². The van der Waals surface area contributed by atoms with E-state index in [1.165, 1.54) is 0 Å². The Balaban J connectivity index is 2.67. The van der Waals surface area contributed by atoms with Gasteiger partial charge in [-0.25, -0.2) is 0 Å². The molecular formula is C11H6Cl2F3N3O3. The van der Waals surface area contributed by atoms with Crippen LogP contribution >= 0.6 is 23.2 Å². The van der Waals surface area contributed by atoms with E-state index in [0.717, 1.165) is 18.0 Å². The van der Waals surface area contributed by atoms with E-state index in [1.54, 1.807) is 0 Å². The van der Waals surface area contributed by atoms with E-state index in [4.69, 9.17) is 27.9 Å². The monoisotopic (exact) mass is 355 g/mol. The first kappa shape index (κ1) is 16.4. The number of halogens is 5. The summed E-state index contributed by atoms with van der Waals surface area (Å²) >= 11 is 11.6. The summed E-state index contributed by atoms with van der Waals surface area (Å²) < 4.78 is 43.8. The molecule has 0 amide bonds. The molecule has 11 heteroatoms. The molecule has 0 radical (unpaired) electrons. The van der Waals surface area contributed by atoms with Gasteiger partial charge in [0, 0.05) is 0 Å². The molecule has 118 valence electrons. The Bertz CT molecular complexity index is 723. The van der Waals surface area contributed by atoms with Gasteiger partial charge in [-0.05, 0) is 12.1 Å². The first-order valence-electron chi connectivity index (χ1n) is 5.49. The smallest absolute Gasteiger partial charge is 0.416 e. The van der Waals surface area contributed by atoms with E-state index >= 15 is 0 Å². The number of hydrogen-bond donors (Lipinski definition) is 0. The summed E-state index contributed by atoms with van der Waals surface area (Å²) in [7, 11) is 1.15. The van der Waals surface area contributed by atoms with Crippen LogP contribution in [0.4, 0.5) is 18.9 Å². The first-order chi connectivity index (χ1) is 10.2. The molecule has 6 nitrogen and oxygen atoms in total. The lowest BCUT2D eigenvalue weighted by Gasteiger charge is -2.13. The molecule has 2 aromatic rings. The van der Waals surface area contributed by atoms with Gasteiger partial charge in [-0.1, -0.05) is 23.2 Å². The maximum Gasteiger partial charge on any atom is 0.416 e. The molecule has 22 heavy (non-hydrogen) atoms. The van der Waals surface area contributed by atoms with Crippen LogP contribution < -0.4 is 4.74 Å². The van der Waals surface area contributed by atoms with Gasteiger partial charge in [0.05, 0.1) is 27.6 Å². The third kappa shape index (κ3) is 2.81. The van der Waals surface area contributed by atoms with Crippen LogP contribution in [-0.4, -0.2) is 21.8 Å². The van der Waals surface area contributed by atoms with Crippen molar-refractivity contribution in [1.29, 1.82) is 0 Å². The van der Waals surface area contributed by atoms with Crippen molar-refractivity contribution in [3.63, 3.8) is 0 Å². The summed E-state index contributed by atoms with van der Waals surface area (Å²) in [5, 5.41) is 13.8. The van der Waals surface area contributed by atoms with Gasteiger partial charge in [-0.15, -0.1) is 0 Å². The third-order valence-electron chi connectivity index (χ3n) is 2.65. The molecule has 0 aliphatic rings. The van der Waals surface area contributed by atoms with E-state index in [0.29, 0.717) is 12.1 Å². The van der Waals surface area contributed by atoms with Gasteiger partial charge in [0.25, 0.3) is 5.88 Å². The highest BCUT2D eigenvalue weighted by Crippen LogP contribution is 2.40. The fraction of sp³-hybridized carbons (Fsp3) is 0.182. The number of hydrogen-bond acceptors (Lipinski definition) is 4.